The second-order valence-electron chi connectivity index (χ2n) is 6.96. The maximum Gasteiger partial charge on any atom is 0.417 e. The Morgan fingerprint density at radius 3 is 2.34 bits per heavy atom. The molecule has 0 N–H and O–H groups in total. The maximum atomic E-state index is 12.8. The van der Waals surface area contributed by atoms with Gasteiger partial charge in [0.25, 0.3) is 0 Å². The summed E-state index contributed by atoms with van der Waals surface area (Å²) in [5, 5.41) is -0.0267. The van der Waals surface area contributed by atoms with Crippen LogP contribution in [0.25, 0.3) is 0 Å². The number of anilines is 2. The number of benzene rings is 1. The summed E-state index contributed by atoms with van der Waals surface area (Å²) in [6, 6.07) is 9.98. The largest absolute Gasteiger partial charge is 0.417 e. The topological polar surface area (TPSA) is 39.7 Å². The lowest BCUT2D eigenvalue weighted by Crippen LogP contribution is -2.54. The summed E-state index contributed by atoms with van der Waals surface area (Å²) >= 11 is 6.05. The van der Waals surface area contributed by atoms with E-state index in [1.165, 1.54) is 0 Å². The number of alkyl halides is 3. The number of carbonyl (C=O) groups excluding carboxylic acids is 1. The van der Waals surface area contributed by atoms with Crippen LogP contribution >= 0.6 is 11.6 Å². The van der Waals surface area contributed by atoms with Crippen molar-refractivity contribution in [3.63, 3.8) is 0 Å². The Kier molecular flexibility index (Phi) is 6.33. The van der Waals surface area contributed by atoms with Crippen molar-refractivity contribution in [3.8, 4) is 0 Å². The zero-order valence-corrected chi connectivity index (χ0v) is 16.9. The van der Waals surface area contributed by atoms with Crippen LogP contribution in [0, 0.1) is 0 Å². The summed E-state index contributed by atoms with van der Waals surface area (Å²) in [7, 11) is 1.75. The number of rotatable bonds is 4. The van der Waals surface area contributed by atoms with Crippen LogP contribution in [0.15, 0.2) is 42.6 Å². The first kappa shape index (κ1) is 21.4. The number of pyridine rings is 1. The third-order valence-corrected chi connectivity index (χ3v) is 5.42. The van der Waals surface area contributed by atoms with E-state index in [0.29, 0.717) is 32.0 Å². The summed E-state index contributed by atoms with van der Waals surface area (Å²) in [5.41, 5.74) is -0.0447. The quantitative estimate of drug-likeness (QED) is 0.742. The van der Waals surface area contributed by atoms with Crippen molar-refractivity contribution in [2.45, 2.75) is 19.1 Å². The number of aromatic nitrogens is 1. The average molecular weight is 427 g/mol. The van der Waals surface area contributed by atoms with E-state index in [2.05, 4.69) is 9.88 Å². The molecule has 1 saturated heterocycles. The Bertz CT molecular complexity index is 855. The van der Waals surface area contributed by atoms with Gasteiger partial charge in [-0.1, -0.05) is 29.8 Å². The SMILES string of the molecule is CC(C(=O)N(C)c1ccccc1)N1CCN(c2ncc(C(F)(F)F)cc2Cl)CC1. The van der Waals surface area contributed by atoms with Crippen molar-refractivity contribution < 1.29 is 18.0 Å². The molecular weight excluding hydrogens is 405 g/mol. The number of halogens is 4. The number of hydrogen-bond acceptors (Lipinski definition) is 4. The van der Waals surface area contributed by atoms with E-state index in [4.69, 9.17) is 11.6 Å². The first-order valence-electron chi connectivity index (χ1n) is 9.23. The van der Waals surface area contributed by atoms with E-state index in [1.54, 1.807) is 11.9 Å². The Balaban J connectivity index is 1.62. The smallest absolute Gasteiger partial charge is 0.353 e. The van der Waals surface area contributed by atoms with Crippen LogP contribution in [0.4, 0.5) is 24.7 Å². The number of carbonyl (C=O) groups is 1. The molecule has 5 nitrogen and oxygen atoms in total. The van der Waals surface area contributed by atoms with E-state index >= 15 is 0 Å². The molecule has 1 atom stereocenters. The molecule has 0 saturated carbocycles. The fraction of sp³-hybridized carbons (Fsp3) is 0.400. The summed E-state index contributed by atoms with van der Waals surface area (Å²) < 4.78 is 38.4. The van der Waals surface area contributed by atoms with Gasteiger partial charge in [0.15, 0.2) is 0 Å². The van der Waals surface area contributed by atoms with Crippen LogP contribution < -0.4 is 9.80 Å². The maximum absolute atomic E-state index is 12.8. The number of hydrogen-bond donors (Lipinski definition) is 0. The molecule has 0 radical (unpaired) electrons. The van der Waals surface area contributed by atoms with Gasteiger partial charge in [-0.25, -0.2) is 4.98 Å². The van der Waals surface area contributed by atoms with E-state index in [9.17, 15) is 18.0 Å². The Morgan fingerprint density at radius 1 is 1.17 bits per heavy atom. The number of amides is 1. The molecular formula is C20H22ClF3N4O. The number of piperazine rings is 1. The molecule has 3 rings (SSSR count). The van der Waals surface area contributed by atoms with Gasteiger partial charge in [0.1, 0.15) is 5.82 Å². The van der Waals surface area contributed by atoms with Crippen LogP contribution in [-0.4, -0.2) is 55.1 Å². The number of para-hydroxylation sites is 1. The Labute approximate surface area is 172 Å². The van der Waals surface area contributed by atoms with Gasteiger partial charge in [0.05, 0.1) is 16.6 Å². The number of likely N-dealkylation sites (N-methyl/N-ethyl adjacent to an activating group) is 1. The Morgan fingerprint density at radius 2 is 1.79 bits per heavy atom. The number of nitrogens with zero attached hydrogens (tertiary/aromatic N) is 4. The molecule has 0 aliphatic carbocycles. The fourth-order valence-electron chi connectivity index (χ4n) is 3.35. The molecule has 156 valence electrons. The van der Waals surface area contributed by atoms with E-state index < -0.39 is 11.7 Å². The van der Waals surface area contributed by atoms with Crippen LogP contribution in [0.2, 0.25) is 5.02 Å². The van der Waals surface area contributed by atoms with E-state index in [-0.39, 0.29) is 17.0 Å². The molecule has 2 heterocycles. The van der Waals surface area contributed by atoms with Crippen LogP contribution in [0.1, 0.15) is 12.5 Å². The van der Waals surface area contributed by atoms with E-state index in [1.807, 2.05) is 42.2 Å². The zero-order valence-electron chi connectivity index (χ0n) is 16.2. The Hall–Kier alpha value is -2.32. The van der Waals surface area contributed by atoms with Crippen molar-refractivity contribution >= 4 is 29.0 Å². The highest BCUT2D eigenvalue weighted by atomic mass is 35.5. The molecule has 29 heavy (non-hydrogen) atoms. The monoisotopic (exact) mass is 426 g/mol. The average Bonchev–Trinajstić information content (AvgIpc) is 2.72. The van der Waals surface area contributed by atoms with Crippen LogP contribution in [0.5, 0.6) is 0 Å². The van der Waals surface area contributed by atoms with Gasteiger partial charge < -0.3 is 9.80 Å². The lowest BCUT2D eigenvalue weighted by molar-refractivity contribution is -0.137. The van der Waals surface area contributed by atoms with Crippen LogP contribution in [0.3, 0.4) is 0 Å². The first-order chi connectivity index (χ1) is 13.7. The summed E-state index contributed by atoms with van der Waals surface area (Å²) in [6.45, 7) is 4.05. The molecule has 9 heteroatoms. The molecule has 1 aromatic heterocycles. The standard InChI is InChI=1S/C20H22ClF3N4O/c1-14(19(29)26(2)16-6-4-3-5-7-16)27-8-10-28(11-9-27)18-17(21)12-15(13-25-18)20(22,23)24/h3-7,12-14H,8-11H2,1-2H3. The minimum atomic E-state index is -4.48. The van der Waals surface area contributed by atoms with Crippen LogP contribution in [-0.2, 0) is 11.0 Å². The third-order valence-electron chi connectivity index (χ3n) is 5.14. The van der Waals surface area contributed by atoms with Crippen molar-refractivity contribution in [2.24, 2.45) is 0 Å². The second-order valence-corrected chi connectivity index (χ2v) is 7.37. The van der Waals surface area contributed by atoms with Gasteiger partial charge in [0.2, 0.25) is 5.91 Å². The third kappa shape index (κ3) is 4.82. The summed E-state index contributed by atoms with van der Waals surface area (Å²) in [5.74, 6) is 0.315. The van der Waals surface area contributed by atoms with Gasteiger partial charge in [-0.05, 0) is 25.1 Å². The molecule has 0 spiro atoms. The molecule has 1 amide bonds. The first-order valence-corrected chi connectivity index (χ1v) is 9.60. The molecule has 2 aromatic rings. The van der Waals surface area contributed by atoms with Gasteiger partial charge in [-0.2, -0.15) is 13.2 Å². The molecule has 1 aliphatic rings. The highest BCUT2D eigenvalue weighted by Crippen LogP contribution is 2.33. The summed E-state index contributed by atoms with van der Waals surface area (Å²) in [6.07, 6.45) is -3.68. The minimum Gasteiger partial charge on any atom is -0.353 e. The van der Waals surface area contributed by atoms with Gasteiger partial charge in [-0.15, -0.1) is 0 Å². The van der Waals surface area contributed by atoms with Crippen molar-refractivity contribution in [1.29, 1.82) is 0 Å². The molecule has 1 unspecified atom stereocenters. The minimum absolute atomic E-state index is 0.0182. The molecule has 1 aliphatic heterocycles. The lowest BCUT2D eigenvalue weighted by atomic mass is 10.2. The van der Waals surface area contributed by atoms with E-state index in [0.717, 1.165) is 18.0 Å². The zero-order chi connectivity index (χ0) is 21.2. The van der Waals surface area contributed by atoms with Crippen molar-refractivity contribution in [3.05, 3.63) is 53.2 Å². The van der Waals surface area contributed by atoms with Crippen molar-refractivity contribution in [1.82, 2.24) is 9.88 Å². The highest BCUT2D eigenvalue weighted by molar-refractivity contribution is 6.33. The van der Waals surface area contributed by atoms with Gasteiger partial charge in [-0.3, -0.25) is 9.69 Å². The van der Waals surface area contributed by atoms with Crippen molar-refractivity contribution in [2.75, 3.05) is 43.0 Å². The van der Waals surface area contributed by atoms with Gasteiger partial charge >= 0.3 is 6.18 Å². The second kappa shape index (κ2) is 8.59. The molecule has 1 fully saturated rings. The predicted molar refractivity (Wildman–Crippen MR) is 107 cm³/mol. The van der Waals surface area contributed by atoms with Gasteiger partial charge in [0, 0.05) is 45.1 Å². The fourth-order valence-corrected chi connectivity index (χ4v) is 3.64. The molecule has 0 bridgehead atoms. The normalized spacial score (nSPS) is 16.6. The lowest BCUT2D eigenvalue weighted by Gasteiger charge is -2.39. The highest BCUT2D eigenvalue weighted by Gasteiger charge is 2.33. The summed E-state index contributed by atoms with van der Waals surface area (Å²) in [4.78, 5) is 22.3. The predicted octanol–water partition coefficient (Wildman–Crippen LogP) is 3.93. The molecule has 1 aromatic carbocycles.